The average molecular weight is 238 g/mol. The van der Waals surface area contributed by atoms with Gasteiger partial charge in [-0.15, -0.1) is 0 Å². The number of carboxylic acids is 1. The van der Waals surface area contributed by atoms with Gasteiger partial charge >= 0.3 is 5.97 Å². The van der Waals surface area contributed by atoms with E-state index in [4.69, 9.17) is 5.11 Å². The maximum absolute atomic E-state index is 11.9. The molecular weight excluding hydrogens is 224 g/mol. The Morgan fingerprint density at radius 3 is 2.76 bits per heavy atom. The zero-order chi connectivity index (χ0) is 12.4. The van der Waals surface area contributed by atoms with Crippen molar-refractivity contribution in [3.63, 3.8) is 0 Å². The number of hydrogen-bond donors (Lipinski definition) is 3. The Hall–Kier alpha value is -1.92. The molecule has 17 heavy (non-hydrogen) atoms. The number of amides is 1. The second kappa shape index (κ2) is 4.52. The zero-order valence-electron chi connectivity index (χ0n) is 9.38. The summed E-state index contributed by atoms with van der Waals surface area (Å²) in [6.45, 7) is 1.96. The van der Waals surface area contributed by atoms with Crippen LogP contribution in [0.3, 0.4) is 0 Å². The van der Waals surface area contributed by atoms with Crippen LogP contribution in [0.2, 0.25) is 0 Å². The lowest BCUT2D eigenvalue weighted by atomic mass is 9.95. The van der Waals surface area contributed by atoms with Gasteiger partial charge in [0.1, 0.15) is 6.33 Å². The van der Waals surface area contributed by atoms with E-state index >= 15 is 0 Å². The molecule has 0 radical (unpaired) electrons. The lowest BCUT2D eigenvalue weighted by molar-refractivity contribution is -0.145. The summed E-state index contributed by atoms with van der Waals surface area (Å²) in [5.41, 5.74) is 0. The van der Waals surface area contributed by atoms with E-state index in [0.29, 0.717) is 12.8 Å². The fourth-order valence-electron chi connectivity index (χ4n) is 2.33. The van der Waals surface area contributed by atoms with E-state index in [1.165, 1.54) is 6.33 Å². The summed E-state index contributed by atoms with van der Waals surface area (Å²) in [6, 6.07) is 0. The lowest BCUT2D eigenvalue weighted by Crippen LogP contribution is -2.30. The molecule has 3 atom stereocenters. The van der Waals surface area contributed by atoms with Crippen molar-refractivity contribution in [3.05, 3.63) is 6.33 Å². The molecule has 0 bridgehead atoms. The molecular formula is C10H14N4O3. The van der Waals surface area contributed by atoms with Gasteiger partial charge in [0.05, 0.1) is 11.8 Å². The van der Waals surface area contributed by atoms with Crippen LogP contribution in [0.1, 0.15) is 19.8 Å². The van der Waals surface area contributed by atoms with Gasteiger partial charge in [-0.3, -0.25) is 14.9 Å². The van der Waals surface area contributed by atoms with Gasteiger partial charge in [0.15, 0.2) is 0 Å². The van der Waals surface area contributed by atoms with Crippen LogP contribution in [-0.4, -0.2) is 32.2 Å². The molecule has 0 saturated heterocycles. The molecule has 7 heteroatoms. The van der Waals surface area contributed by atoms with Crippen molar-refractivity contribution in [2.24, 2.45) is 17.8 Å². The van der Waals surface area contributed by atoms with Crippen LogP contribution in [0.5, 0.6) is 0 Å². The van der Waals surface area contributed by atoms with E-state index in [2.05, 4.69) is 20.5 Å². The van der Waals surface area contributed by atoms with Crippen molar-refractivity contribution in [1.82, 2.24) is 15.2 Å². The lowest BCUT2D eigenvalue weighted by Gasteiger charge is -2.13. The van der Waals surface area contributed by atoms with E-state index in [9.17, 15) is 9.59 Å². The zero-order valence-corrected chi connectivity index (χ0v) is 9.38. The number of carboxylic acid groups (broad SMARTS) is 1. The van der Waals surface area contributed by atoms with E-state index < -0.39 is 17.8 Å². The summed E-state index contributed by atoms with van der Waals surface area (Å²) in [5, 5.41) is 17.7. The number of aliphatic carboxylic acids is 1. The minimum absolute atomic E-state index is 0.249. The first kappa shape index (κ1) is 11.6. The molecule has 0 spiro atoms. The molecule has 1 aliphatic carbocycles. The number of rotatable bonds is 3. The van der Waals surface area contributed by atoms with Gasteiger partial charge in [-0.2, -0.15) is 10.1 Å². The maximum Gasteiger partial charge on any atom is 0.307 e. The van der Waals surface area contributed by atoms with E-state index in [-0.39, 0.29) is 17.8 Å². The topological polar surface area (TPSA) is 108 Å². The van der Waals surface area contributed by atoms with Gasteiger partial charge < -0.3 is 5.11 Å². The molecule has 0 aromatic carbocycles. The number of carbonyl (C=O) groups is 2. The number of nitrogens with zero attached hydrogens (tertiary/aromatic N) is 2. The highest BCUT2D eigenvalue weighted by atomic mass is 16.4. The fourth-order valence-corrected chi connectivity index (χ4v) is 2.33. The second-order valence-electron chi connectivity index (χ2n) is 4.45. The summed E-state index contributed by atoms with van der Waals surface area (Å²) in [6.07, 6.45) is 2.42. The van der Waals surface area contributed by atoms with Crippen LogP contribution in [0.15, 0.2) is 6.33 Å². The Morgan fingerprint density at radius 2 is 2.18 bits per heavy atom. The Bertz CT molecular complexity index is 417. The maximum atomic E-state index is 11.9. The standard InChI is InChI=1S/C10H14N4O3/c1-5-2-6(7(3-5)9(16)17)8(15)13-10-11-4-12-14-10/h4-7H,2-3H2,1H3,(H,16,17)(H2,11,12,13,14,15)/t5?,6-,7+/m0/s1. The quantitative estimate of drug-likeness (QED) is 0.710. The van der Waals surface area contributed by atoms with Crippen molar-refractivity contribution in [2.75, 3.05) is 5.32 Å². The molecule has 92 valence electrons. The van der Waals surface area contributed by atoms with E-state index in [1.807, 2.05) is 6.92 Å². The highest BCUT2D eigenvalue weighted by molar-refractivity contribution is 5.94. The van der Waals surface area contributed by atoms with Crippen LogP contribution in [-0.2, 0) is 9.59 Å². The molecule has 1 fully saturated rings. The minimum atomic E-state index is -0.910. The molecule has 7 nitrogen and oxygen atoms in total. The molecule has 0 aliphatic heterocycles. The Labute approximate surface area is 97.6 Å². The van der Waals surface area contributed by atoms with Crippen LogP contribution in [0.4, 0.5) is 5.95 Å². The Morgan fingerprint density at radius 1 is 1.47 bits per heavy atom. The van der Waals surface area contributed by atoms with E-state index in [0.717, 1.165) is 0 Å². The number of nitrogens with one attached hydrogen (secondary N) is 2. The SMILES string of the molecule is CC1C[C@H](C(=O)Nc2ncn[nH]2)[C@H](C(=O)O)C1. The third kappa shape index (κ3) is 2.43. The Kier molecular flexibility index (Phi) is 3.08. The number of H-pyrrole nitrogens is 1. The van der Waals surface area contributed by atoms with Crippen molar-refractivity contribution in [3.8, 4) is 0 Å². The third-order valence-corrected chi connectivity index (χ3v) is 3.11. The van der Waals surface area contributed by atoms with Crippen LogP contribution in [0, 0.1) is 17.8 Å². The first-order valence-electron chi connectivity index (χ1n) is 5.47. The molecule has 1 saturated carbocycles. The highest BCUT2D eigenvalue weighted by Crippen LogP contribution is 2.36. The first-order chi connectivity index (χ1) is 8.08. The van der Waals surface area contributed by atoms with Gasteiger partial charge in [-0.1, -0.05) is 6.92 Å². The molecule has 1 aromatic rings. The normalized spacial score (nSPS) is 27.9. The molecule has 1 amide bonds. The molecule has 1 unspecified atom stereocenters. The average Bonchev–Trinajstić information content (AvgIpc) is 2.86. The third-order valence-electron chi connectivity index (χ3n) is 3.11. The minimum Gasteiger partial charge on any atom is -0.481 e. The largest absolute Gasteiger partial charge is 0.481 e. The highest BCUT2D eigenvalue weighted by Gasteiger charge is 2.41. The summed E-state index contributed by atoms with van der Waals surface area (Å²) in [4.78, 5) is 26.7. The smallest absolute Gasteiger partial charge is 0.307 e. The summed E-state index contributed by atoms with van der Waals surface area (Å²) < 4.78 is 0. The molecule has 3 N–H and O–H groups in total. The van der Waals surface area contributed by atoms with Gasteiger partial charge in [0.25, 0.3) is 0 Å². The molecule has 1 aliphatic rings. The number of hydrogen-bond acceptors (Lipinski definition) is 4. The van der Waals surface area contributed by atoms with Crippen LogP contribution >= 0.6 is 0 Å². The number of aromatic nitrogens is 3. The van der Waals surface area contributed by atoms with Gasteiger partial charge in [0, 0.05) is 0 Å². The Balaban J connectivity index is 2.05. The molecule has 2 rings (SSSR count). The second-order valence-corrected chi connectivity index (χ2v) is 4.45. The number of aromatic amines is 1. The number of anilines is 1. The molecule has 1 aromatic heterocycles. The van der Waals surface area contributed by atoms with Gasteiger partial charge in [0.2, 0.25) is 11.9 Å². The van der Waals surface area contributed by atoms with Gasteiger partial charge in [-0.05, 0) is 18.8 Å². The van der Waals surface area contributed by atoms with Crippen LogP contribution in [0.25, 0.3) is 0 Å². The predicted molar refractivity (Wildman–Crippen MR) is 58.0 cm³/mol. The number of carbonyl (C=O) groups excluding carboxylic acids is 1. The first-order valence-corrected chi connectivity index (χ1v) is 5.47. The van der Waals surface area contributed by atoms with Crippen molar-refractivity contribution in [2.45, 2.75) is 19.8 Å². The summed E-state index contributed by atoms with van der Waals surface area (Å²) >= 11 is 0. The monoisotopic (exact) mass is 238 g/mol. The van der Waals surface area contributed by atoms with E-state index in [1.54, 1.807) is 0 Å². The summed E-state index contributed by atoms with van der Waals surface area (Å²) in [5.74, 6) is -1.81. The van der Waals surface area contributed by atoms with Crippen LogP contribution < -0.4 is 5.32 Å². The fraction of sp³-hybridized carbons (Fsp3) is 0.600. The predicted octanol–water partition coefficient (Wildman–Crippen LogP) is 0.490. The van der Waals surface area contributed by atoms with Crippen molar-refractivity contribution < 1.29 is 14.7 Å². The van der Waals surface area contributed by atoms with Crippen molar-refractivity contribution in [1.29, 1.82) is 0 Å². The molecule has 1 heterocycles. The summed E-state index contributed by atoms with van der Waals surface area (Å²) in [7, 11) is 0. The van der Waals surface area contributed by atoms with Crippen molar-refractivity contribution >= 4 is 17.8 Å². The van der Waals surface area contributed by atoms with Gasteiger partial charge in [-0.25, -0.2) is 5.10 Å².